The van der Waals surface area contributed by atoms with Gasteiger partial charge in [0, 0.05) is 4.88 Å². The van der Waals surface area contributed by atoms with Gasteiger partial charge in [0.2, 0.25) is 0 Å². The van der Waals surface area contributed by atoms with Crippen molar-refractivity contribution in [3.05, 3.63) is 93.9 Å². The lowest BCUT2D eigenvalue weighted by Gasteiger charge is -2.18. The third kappa shape index (κ3) is 4.55. The largest absolute Gasteiger partial charge is 0.452 e. The van der Waals surface area contributed by atoms with Crippen LogP contribution in [0.15, 0.2) is 72.1 Å². The van der Waals surface area contributed by atoms with Crippen LogP contribution in [0.25, 0.3) is 0 Å². The lowest BCUT2D eigenvalue weighted by atomic mass is 10.1. The van der Waals surface area contributed by atoms with E-state index in [9.17, 15) is 14.0 Å². The van der Waals surface area contributed by atoms with Crippen LogP contribution in [0.2, 0.25) is 0 Å². The van der Waals surface area contributed by atoms with Crippen molar-refractivity contribution in [3.8, 4) is 0 Å². The van der Waals surface area contributed by atoms with Gasteiger partial charge < -0.3 is 10.1 Å². The monoisotopic (exact) mass is 369 g/mol. The maximum absolute atomic E-state index is 13.2. The van der Waals surface area contributed by atoms with E-state index in [0.29, 0.717) is 5.56 Å². The molecule has 1 amide bonds. The molecule has 1 N–H and O–H groups in total. The summed E-state index contributed by atoms with van der Waals surface area (Å²) in [5, 5.41) is 4.73. The van der Waals surface area contributed by atoms with Crippen LogP contribution in [0.3, 0.4) is 0 Å². The van der Waals surface area contributed by atoms with E-state index in [1.807, 2.05) is 17.5 Å². The summed E-state index contributed by atoms with van der Waals surface area (Å²) in [5.74, 6) is -1.34. The van der Waals surface area contributed by atoms with Gasteiger partial charge >= 0.3 is 5.97 Å². The molecular weight excluding hydrogens is 353 g/mol. The summed E-state index contributed by atoms with van der Waals surface area (Å²) in [5.41, 5.74) is 1.13. The Hall–Kier alpha value is -2.99. The zero-order valence-electron chi connectivity index (χ0n) is 13.7. The molecule has 0 saturated heterocycles. The second kappa shape index (κ2) is 8.40. The van der Waals surface area contributed by atoms with Crippen LogP contribution in [0.5, 0.6) is 0 Å². The van der Waals surface area contributed by atoms with E-state index in [1.165, 1.54) is 23.5 Å². The lowest BCUT2D eigenvalue weighted by molar-refractivity contribution is -0.124. The Morgan fingerprint density at radius 3 is 2.38 bits per heavy atom. The van der Waals surface area contributed by atoms with Crippen molar-refractivity contribution in [2.24, 2.45) is 0 Å². The maximum atomic E-state index is 13.2. The molecule has 0 aliphatic heterocycles. The number of rotatable bonds is 6. The van der Waals surface area contributed by atoms with Gasteiger partial charge in [0.05, 0.1) is 11.6 Å². The van der Waals surface area contributed by atoms with Crippen LogP contribution < -0.4 is 5.32 Å². The first kappa shape index (κ1) is 17.8. The van der Waals surface area contributed by atoms with E-state index in [1.54, 1.807) is 42.5 Å². The zero-order valence-corrected chi connectivity index (χ0v) is 14.5. The number of thiophene rings is 1. The van der Waals surface area contributed by atoms with Crippen LogP contribution in [0, 0.1) is 5.82 Å². The van der Waals surface area contributed by atoms with Crippen LogP contribution in [0.4, 0.5) is 4.39 Å². The topological polar surface area (TPSA) is 55.4 Å². The molecule has 0 fully saturated rings. The minimum absolute atomic E-state index is 0.346. The molecule has 1 atom stereocenters. The molecule has 1 aromatic heterocycles. The Bertz CT molecular complexity index is 864. The fraction of sp³-hybridized carbons (Fsp3) is 0.100. The number of benzene rings is 2. The van der Waals surface area contributed by atoms with Crippen molar-refractivity contribution in [2.45, 2.75) is 6.04 Å². The van der Waals surface area contributed by atoms with Gasteiger partial charge in [-0.05, 0) is 41.3 Å². The zero-order chi connectivity index (χ0) is 18.4. The van der Waals surface area contributed by atoms with E-state index < -0.39 is 24.5 Å². The summed E-state index contributed by atoms with van der Waals surface area (Å²) < 4.78 is 18.2. The second-order valence-electron chi connectivity index (χ2n) is 5.51. The van der Waals surface area contributed by atoms with Gasteiger partial charge in [-0.25, -0.2) is 9.18 Å². The number of halogens is 1. The Labute approximate surface area is 154 Å². The molecule has 1 heterocycles. The Kier molecular flexibility index (Phi) is 5.76. The summed E-state index contributed by atoms with van der Waals surface area (Å²) in [4.78, 5) is 25.1. The average Bonchev–Trinajstić information content (AvgIpc) is 3.20. The predicted octanol–water partition coefficient (Wildman–Crippen LogP) is 3.95. The first-order valence-electron chi connectivity index (χ1n) is 7.94. The minimum atomic E-state index is -0.560. The average molecular weight is 369 g/mol. The minimum Gasteiger partial charge on any atom is -0.452 e. The molecule has 0 radical (unpaired) electrons. The van der Waals surface area contributed by atoms with Crippen molar-refractivity contribution < 1.29 is 18.7 Å². The highest BCUT2D eigenvalue weighted by Crippen LogP contribution is 2.26. The number of hydrogen-bond acceptors (Lipinski definition) is 4. The number of amides is 1. The summed E-state index contributed by atoms with van der Waals surface area (Å²) >= 11 is 1.48. The van der Waals surface area contributed by atoms with E-state index in [4.69, 9.17) is 4.74 Å². The second-order valence-corrected chi connectivity index (χ2v) is 6.49. The van der Waals surface area contributed by atoms with Crippen LogP contribution >= 0.6 is 11.3 Å². The summed E-state index contributed by atoms with van der Waals surface area (Å²) in [7, 11) is 0. The van der Waals surface area contributed by atoms with Crippen LogP contribution in [0.1, 0.15) is 26.8 Å². The standard InChI is InChI=1S/C20H16FNO3S/c21-16-10-8-14(9-11-16)19(17-7-4-12-26-17)22-18(23)13-25-20(24)15-5-2-1-3-6-15/h1-12,19H,13H2,(H,22,23)/t19-/m0/s1. The number of ether oxygens (including phenoxy) is 1. The van der Waals surface area contributed by atoms with Crippen LogP contribution in [-0.4, -0.2) is 18.5 Å². The number of nitrogens with one attached hydrogen (secondary N) is 1. The molecule has 0 aliphatic rings. The Balaban J connectivity index is 1.66. The van der Waals surface area contributed by atoms with Crippen molar-refractivity contribution in [1.29, 1.82) is 0 Å². The highest BCUT2D eigenvalue weighted by Gasteiger charge is 2.19. The lowest BCUT2D eigenvalue weighted by Crippen LogP contribution is -2.32. The molecule has 0 aliphatic carbocycles. The van der Waals surface area contributed by atoms with Gasteiger partial charge in [-0.1, -0.05) is 36.4 Å². The fourth-order valence-corrected chi connectivity index (χ4v) is 3.22. The first-order valence-corrected chi connectivity index (χ1v) is 8.82. The van der Waals surface area contributed by atoms with Gasteiger partial charge in [-0.3, -0.25) is 4.79 Å². The third-order valence-corrected chi connectivity index (χ3v) is 4.62. The van der Waals surface area contributed by atoms with Gasteiger partial charge in [0.25, 0.3) is 5.91 Å². The molecule has 0 saturated carbocycles. The first-order chi connectivity index (χ1) is 12.6. The maximum Gasteiger partial charge on any atom is 0.338 e. The molecule has 0 bridgehead atoms. The quantitative estimate of drug-likeness (QED) is 0.670. The smallest absolute Gasteiger partial charge is 0.338 e. The van der Waals surface area contributed by atoms with Crippen molar-refractivity contribution in [1.82, 2.24) is 5.32 Å². The molecule has 0 unspecified atom stereocenters. The van der Waals surface area contributed by atoms with Gasteiger partial charge in [0.15, 0.2) is 6.61 Å². The molecule has 4 nitrogen and oxygen atoms in total. The summed E-state index contributed by atoms with van der Waals surface area (Å²) in [6, 6.07) is 17.7. The predicted molar refractivity (Wildman–Crippen MR) is 97.4 cm³/mol. The van der Waals surface area contributed by atoms with E-state index in [0.717, 1.165) is 10.4 Å². The van der Waals surface area contributed by atoms with E-state index in [-0.39, 0.29) is 5.82 Å². The SMILES string of the molecule is O=C(COC(=O)c1ccccc1)N[C@@H](c1ccc(F)cc1)c1cccs1. The number of carbonyl (C=O) groups excluding carboxylic acids is 2. The van der Waals surface area contributed by atoms with Crippen molar-refractivity contribution >= 4 is 23.2 Å². The normalized spacial score (nSPS) is 11.6. The molecule has 6 heteroatoms. The van der Waals surface area contributed by atoms with E-state index >= 15 is 0 Å². The number of carbonyl (C=O) groups is 2. The van der Waals surface area contributed by atoms with E-state index in [2.05, 4.69) is 5.32 Å². The number of esters is 1. The fourth-order valence-electron chi connectivity index (χ4n) is 2.42. The Morgan fingerprint density at radius 1 is 1.00 bits per heavy atom. The van der Waals surface area contributed by atoms with Crippen molar-refractivity contribution in [3.63, 3.8) is 0 Å². The number of hydrogen-bond donors (Lipinski definition) is 1. The molecule has 3 aromatic rings. The van der Waals surface area contributed by atoms with Gasteiger partial charge in [-0.15, -0.1) is 11.3 Å². The highest BCUT2D eigenvalue weighted by molar-refractivity contribution is 7.10. The van der Waals surface area contributed by atoms with Gasteiger partial charge in [-0.2, -0.15) is 0 Å². The molecule has 2 aromatic carbocycles. The van der Waals surface area contributed by atoms with Crippen molar-refractivity contribution in [2.75, 3.05) is 6.61 Å². The summed E-state index contributed by atoms with van der Waals surface area (Å²) in [6.07, 6.45) is 0. The summed E-state index contributed by atoms with van der Waals surface area (Å²) in [6.45, 7) is -0.392. The highest BCUT2D eigenvalue weighted by atomic mass is 32.1. The Morgan fingerprint density at radius 2 is 1.73 bits per heavy atom. The molecule has 0 spiro atoms. The van der Waals surface area contributed by atoms with Gasteiger partial charge in [0.1, 0.15) is 5.82 Å². The molecule has 132 valence electrons. The van der Waals surface area contributed by atoms with Crippen LogP contribution in [-0.2, 0) is 9.53 Å². The molecule has 3 rings (SSSR count). The third-order valence-electron chi connectivity index (χ3n) is 3.68. The molecule has 26 heavy (non-hydrogen) atoms. The molecular formula is C20H16FNO3S.